The van der Waals surface area contributed by atoms with Gasteiger partial charge in [0.15, 0.2) is 0 Å². The zero-order valence-corrected chi connectivity index (χ0v) is 29.2. The Morgan fingerprint density at radius 3 is 1.74 bits per heavy atom. The molecule has 0 N–H and O–H groups in total. The van der Waals surface area contributed by atoms with Gasteiger partial charge in [0.25, 0.3) is 0 Å². The number of benzene rings is 4. The molecule has 4 rings (SSSR count). The minimum absolute atomic E-state index is 0.915. The van der Waals surface area contributed by atoms with Crippen LogP contribution in [0, 0.1) is 6.92 Å². The predicted molar refractivity (Wildman–Crippen MR) is 204 cm³/mol. The van der Waals surface area contributed by atoms with E-state index in [9.17, 15) is 0 Å². The highest BCUT2D eigenvalue weighted by Crippen LogP contribution is 2.35. The van der Waals surface area contributed by atoms with Gasteiger partial charge < -0.3 is 0 Å². The van der Waals surface area contributed by atoms with Crippen molar-refractivity contribution < 1.29 is 0 Å². The molecule has 4 aromatic carbocycles. The third-order valence-corrected chi connectivity index (χ3v) is 9.08. The van der Waals surface area contributed by atoms with Gasteiger partial charge in [0.2, 0.25) is 0 Å². The van der Waals surface area contributed by atoms with Crippen LogP contribution in [0.25, 0.3) is 22.3 Å². The zero-order chi connectivity index (χ0) is 32.6. The molecule has 242 valence electrons. The summed E-state index contributed by atoms with van der Waals surface area (Å²) in [6.07, 6.45) is 17.8. The van der Waals surface area contributed by atoms with Gasteiger partial charge in [0.1, 0.15) is 0 Å². The number of rotatable bonds is 18. The number of unbranched alkanes of at least 4 members (excludes halogenated alkanes) is 7. The van der Waals surface area contributed by atoms with Crippen molar-refractivity contribution in [2.45, 2.75) is 118 Å². The van der Waals surface area contributed by atoms with Crippen molar-refractivity contribution in [3.63, 3.8) is 0 Å². The predicted octanol–water partition coefficient (Wildman–Crippen LogP) is 13.4. The van der Waals surface area contributed by atoms with Crippen LogP contribution >= 0.6 is 0 Å². The minimum atomic E-state index is 0.915. The Hall–Kier alpha value is -3.78. The highest BCUT2D eigenvalue weighted by Gasteiger charge is 2.13. The van der Waals surface area contributed by atoms with Gasteiger partial charge in [-0.15, -0.1) is 0 Å². The minimum Gasteiger partial charge on any atom is -0.255 e. The van der Waals surface area contributed by atoms with Crippen molar-refractivity contribution in [3.8, 4) is 22.3 Å². The summed E-state index contributed by atoms with van der Waals surface area (Å²) in [6, 6.07) is 30.8. The Balaban J connectivity index is 1.70. The molecular weight excluding hydrogens is 556 g/mol. The average Bonchev–Trinajstić information content (AvgIpc) is 3.08. The molecular formula is C44H56N2. The van der Waals surface area contributed by atoms with Gasteiger partial charge in [-0.2, -0.15) is 0 Å². The quantitative estimate of drug-likeness (QED) is 0.0789. The molecule has 0 spiro atoms. The zero-order valence-electron chi connectivity index (χ0n) is 29.2. The Morgan fingerprint density at radius 1 is 0.565 bits per heavy atom. The molecule has 0 saturated carbocycles. The standard InChI is InChI=1S/C44H56N2/c1-6-9-12-16-27-39-30-40(31-44(37-25-19-15-20-26-37)42(39)28-21-13-10-7-2)45-33-34(4)46-41-29-38(22-11-8-3)35(5)43(32-41)36-23-17-14-18-24-36/h14-15,17-20,23-26,29-33H,6-13,16,21-22,27-28H2,1-5H3. The van der Waals surface area contributed by atoms with Crippen LogP contribution in [-0.2, 0) is 19.3 Å². The molecule has 0 aromatic heterocycles. The normalized spacial score (nSPS) is 11.9. The lowest BCUT2D eigenvalue weighted by Gasteiger charge is -2.17. The van der Waals surface area contributed by atoms with Gasteiger partial charge in [0, 0.05) is 6.21 Å². The molecule has 0 aliphatic heterocycles. The fourth-order valence-electron chi connectivity index (χ4n) is 6.42. The van der Waals surface area contributed by atoms with E-state index in [1.807, 2.05) is 6.21 Å². The van der Waals surface area contributed by atoms with Crippen molar-refractivity contribution in [2.24, 2.45) is 9.98 Å². The fourth-order valence-corrected chi connectivity index (χ4v) is 6.42. The lowest BCUT2D eigenvalue weighted by Crippen LogP contribution is -2.00. The topological polar surface area (TPSA) is 24.7 Å². The Kier molecular flexibility index (Phi) is 14.5. The molecule has 46 heavy (non-hydrogen) atoms. The van der Waals surface area contributed by atoms with Gasteiger partial charge in [-0.25, -0.2) is 0 Å². The third-order valence-electron chi connectivity index (χ3n) is 9.08. The van der Waals surface area contributed by atoms with Crippen LogP contribution in [0.2, 0.25) is 0 Å². The van der Waals surface area contributed by atoms with Gasteiger partial charge in [-0.3, -0.25) is 9.98 Å². The van der Waals surface area contributed by atoms with Crippen LogP contribution in [0.15, 0.2) is 94.9 Å². The third kappa shape index (κ3) is 10.4. The molecule has 0 saturated heterocycles. The molecule has 0 aliphatic rings. The van der Waals surface area contributed by atoms with Crippen molar-refractivity contribution in [2.75, 3.05) is 0 Å². The monoisotopic (exact) mass is 612 g/mol. The van der Waals surface area contributed by atoms with Gasteiger partial charge in [-0.05, 0) is 121 Å². The summed E-state index contributed by atoms with van der Waals surface area (Å²) in [7, 11) is 0. The number of aliphatic imine (C=N–C) groups is 2. The molecule has 0 amide bonds. The first kappa shape index (κ1) is 35.1. The van der Waals surface area contributed by atoms with Crippen molar-refractivity contribution in [1.29, 1.82) is 0 Å². The van der Waals surface area contributed by atoms with Gasteiger partial charge in [-0.1, -0.05) is 126 Å². The van der Waals surface area contributed by atoms with Crippen LogP contribution in [0.1, 0.15) is 114 Å². The van der Waals surface area contributed by atoms with E-state index < -0.39 is 0 Å². The second kappa shape index (κ2) is 19.0. The van der Waals surface area contributed by atoms with Crippen LogP contribution in [0.4, 0.5) is 11.4 Å². The van der Waals surface area contributed by atoms with E-state index in [-0.39, 0.29) is 0 Å². The van der Waals surface area contributed by atoms with Crippen LogP contribution in [-0.4, -0.2) is 11.9 Å². The summed E-state index contributed by atoms with van der Waals surface area (Å²) in [5, 5.41) is 0. The molecule has 4 aromatic rings. The van der Waals surface area contributed by atoms with Crippen molar-refractivity contribution in [3.05, 3.63) is 107 Å². The summed E-state index contributed by atoms with van der Waals surface area (Å²) in [5.74, 6) is 0. The molecule has 0 radical (unpaired) electrons. The van der Waals surface area contributed by atoms with Crippen LogP contribution in [0.5, 0.6) is 0 Å². The van der Waals surface area contributed by atoms with Gasteiger partial charge in [0.05, 0.1) is 17.1 Å². The number of nitrogens with zero attached hydrogens (tertiary/aromatic N) is 2. The van der Waals surface area contributed by atoms with Crippen LogP contribution in [0.3, 0.4) is 0 Å². The number of hydrogen-bond acceptors (Lipinski definition) is 2. The summed E-state index contributed by atoms with van der Waals surface area (Å²) >= 11 is 0. The van der Waals surface area contributed by atoms with E-state index in [1.165, 1.54) is 109 Å². The molecule has 0 bridgehead atoms. The van der Waals surface area contributed by atoms with E-state index in [0.717, 1.165) is 36.3 Å². The maximum atomic E-state index is 5.09. The molecule has 0 fully saturated rings. The Morgan fingerprint density at radius 2 is 1.11 bits per heavy atom. The van der Waals surface area contributed by atoms with E-state index in [1.54, 1.807) is 0 Å². The molecule has 0 aliphatic carbocycles. The van der Waals surface area contributed by atoms with E-state index in [2.05, 4.69) is 120 Å². The Bertz CT molecular complexity index is 1550. The number of aryl methyl sites for hydroxylation is 2. The van der Waals surface area contributed by atoms with Crippen molar-refractivity contribution >= 4 is 23.3 Å². The molecule has 2 nitrogen and oxygen atoms in total. The maximum Gasteiger partial charge on any atom is 0.0642 e. The Labute approximate surface area is 280 Å². The summed E-state index contributed by atoms with van der Waals surface area (Å²) in [5.41, 5.74) is 13.8. The molecule has 0 atom stereocenters. The maximum absolute atomic E-state index is 5.09. The first-order chi connectivity index (χ1) is 22.5. The van der Waals surface area contributed by atoms with E-state index in [4.69, 9.17) is 9.98 Å². The lowest BCUT2D eigenvalue weighted by atomic mass is 9.89. The lowest BCUT2D eigenvalue weighted by molar-refractivity contribution is 0.651. The second-order valence-corrected chi connectivity index (χ2v) is 12.9. The molecule has 0 heterocycles. The summed E-state index contributed by atoms with van der Waals surface area (Å²) in [6.45, 7) is 11.2. The molecule has 0 unspecified atom stereocenters. The SMILES string of the molecule is CCCCCCc1cc(N=CC(C)=Nc2cc(CCCC)c(C)c(-c3ccccc3)c2)cc(-c2ccccc2)c1CCCCCC. The van der Waals surface area contributed by atoms with Crippen molar-refractivity contribution in [1.82, 2.24) is 0 Å². The van der Waals surface area contributed by atoms with Crippen LogP contribution < -0.4 is 0 Å². The van der Waals surface area contributed by atoms with Gasteiger partial charge >= 0.3 is 0 Å². The number of hydrogen-bond donors (Lipinski definition) is 0. The van der Waals surface area contributed by atoms with E-state index >= 15 is 0 Å². The van der Waals surface area contributed by atoms with E-state index in [0.29, 0.717) is 0 Å². The highest BCUT2D eigenvalue weighted by molar-refractivity contribution is 6.30. The summed E-state index contributed by atoms with van der Waals surface area (Å²) < 4.78 is 0. The first-order valence-corrected chi connectivity index (χ1v) is 18.0. The second-order valence-electron chi connectivity index (χ2n) is 12.9. The summed E-state index contributed by atoms with van der Waals surface area (Å²) in [4.78, 5) is 10.1. The fraction of sp³-hybridized carbons (Fsp3) is 0.409. The average molecular weight is 613 g/mol. The highest BCUT2D eigenvalue weighted by atomic mass is 14.8. The largest absolute Gasteiger partial charge is 0.255 e. The smallest absolute Gasteiger partial charge is 0.0642 e. The first-order valence-electron chi connectivity index (χ1n) is 18.0. The molecule has 2 heteroatoms.